The quantitative estimate of drug-likeness (QED) is 0.0566. The molecule has 3 saturated heterocycles. The Bertz CT molecular complexity index is 1030. The number of aliphatic hydroxyl groups excluding tert-OH is 4. The largest absolute Gasteiger partial charge is 0.479 e. The second kappa shape index (κ2) is 22.7. The summed E-state index contributed by atoms with van der Waals surface area (Å²) in [6.07, 6.45) is -2.90. The summed E-state index contributed by atoms with van der Waals surface area (Å²) >= 11 is 0. The molecule has 3 heterocycles. The van der Waals surface area contributed by atoms with Gasteiger partial charge in [-0.25, -0.2) is 28.8 Å². The number of rotatable bonds is 14. The Morgan fingerprint density at radius 2 is 0.957 bits per heavy atom. The van der Waals surface area contributed by atoms with E-state index in [1.54, 1.807) is 0 Å². The number of hydrogen-bond acceptors (Lipinski definition) is 18. The predicted molar refractivity (Wildman–Crippen MR) is 150 cm³/mol. The third kappa shape index (κ3) is 15.6. The minimum Gasteiger partial charge on any atom is -0.479 e. The van der Waals surface area contributed by atoms with E-state index in [1.807, 2.05) is 0 Å². The zero-order valence-electron chi connectivity index (χ0n) is 25.8. The number of ether oxygens (including phenoxy) is 8. The fraction of sp³-hybridized carbons (Fsp3) is 0.714. The van der Waals surface area contributed by atoms with Crippen molar-refractivity contribution in [3.8, 4) is 0 Å². The molecule has 3 aliphatic heterocycles. The highest BCUT2D eigenvalue weighted by atomic mass is 16.7. The number of carbonyl (C=O) groups excluding carboxylic acids is 5. The lowest BCUT2D eigenvalue weighted by atomic mass is 10.2. The fourth-order valence-corrected chi connectivity index (χ4v) is 4.08. The molecular weight excluding hydrogens is 640 g/mol. The van der Waals surface area contributed by atoms with Gasteiger partial charge in [0.05, 0.1) is 26.1 Å². The summed E-state index contributed by atoms with van der Waals surface area (Å²) in [4.78, 5) is 66.8. The predicted octanol–water partition coefficient (Wildman–Crippen LogP) is -2.14. The van der Waals surface area contributed by atoms with Gasteiger partial charge in [0, 0.05) is 0 Å². The van der Waals surface area contributed by atoms with E-state index in [9.17, 15) is 28.8 Å². The van der Waals surface area contributed by atoms with E-state index in [2.05, 4.69) is 30.3 Å². The maximum absolute atomic E-state index is 11.3. The second-order valence-corrected chi connectivity index (χ2v) is 9.72. The maximum atomic E-state index is 11.3. The van der Waals surface area contributed by atoms with Gasteiger partial charge in [0.25, 0.3) is 0 Å². The number of carbonyl (C=O) groups is 6. The Morgan fingerprint density at radius 3 is 1.26 bits per heavy atom. The van der Waals surface area contributed by atoms with Crippen molar-refractivity contribution in [3.63, 3.8) is 0 Å². The van der Waals surface area contributed by atoms with Crippen LogP contribution in [-0.2, 0) is 66.7 Å². The highest BCUT2D eigenvalue weighted by Crippen LogP contribution is 2.23. The van der Waals surface area contributed by atoms with Crippen molar-refractivity contribution in [1.29, 1.82) is 0 Å². The summed E-state index contributed by atoms with van der Waals surface area (Å²) in [6, 6.07) is 0. The van der Waals surface area contributed by atoms with Crippen molar-refractivity contribution in [1.82, 2.24) is 0 Å². The molecule has 0 bridgehead atoms. The van der Waals surface area contributed by atoms with Gasteiger partial charge in [-0.05, 0) is 45.4 Å². The number of carboxylic acids is 1. The molecule has 7 atom stereocenters. The average molecular weight is 683 g/mol. The molecule has 1 unspecified atom stereocenters. The Kier molecular flexibility index (Phi) is 20.0. The van der Waals surface area contributed by atoms with Gasteiger partial charge in [0.1, 0.15) is 19.8 Å². The van der Waals surface area contributed by atoms with Gasteiger partial charge in [0.2, 0.25) is 0 Å². The van der Waals surface area contributed by atoms with Gasteiger partial charge >= 0.3 is 35.8 Å². The molecule has 0 spiro atoms. The van der Waals surface area contributed by atoms with Crippen LogP contribution in [0.5, 0.6) is 0 Å². The summed E-state index contributed by atoms with van der Waals surface area (Å²) in [7, 11) is 0. The van der Waals surface area contributed by atoms with Crippen LogP contribution in [0.2, 0.25) is 0 Å². The number of carboxylic acid groups (broad SMARTS) is 1. The van der Waals surface area contributed by atoms with E-state index in [-0.39, 0.29) is 39.6 Å². The third-order valence-electron chi connectivity index (χ3n) is 6.14. The van der Waals surface area contributed by atoms with Crippen molar-refractivity contribution in [2.45, 2.75) is 88.4 Å². The normalized spacial score (nSPS) is 25.0. The highest BCUT2D eigenvalue weighted by Gasteiger charge is 2.38. The number of aliphatic carboxylic acids is 1. The van der Waals surface area contributed by atoms with E-state index in [0.717, 1.165) is 6.26 Å². The summed E-state index contributed by atoms with van der Waals surface area (Å²) in [5.74, 6) is -4.11. The minimum absolute atomic E-state index is 0.0690. The number of aliphatic hydroxyl groups is 4. The standard InChI is InChI=1S/C10H16O7.C10H14O6.C8H12O6/c1-6(12)16-10(14)8-3-2-7(17-8)9(13)15-5-4-11;1-2-14-9(12)7-3-4-8(16-7)10(13)15-6-5-11;9-3-4-13-8(12)6-2-1-5(14-6)7(10)11/h6-8,11-12H,2-5H2,1H3;2,7-8,11H,1,3-6H2;5-6,9H,1-4H2,(H,10,11)/t6?,7-,8+;7-,8+;5-,6+/m011/s1. The molecule has 0 aromatic carbocycles. The molecular formula is C28H42O19. The van der Waals surface area contributed by atoms with E-state index in [1.165, 1.54) is 6.92 Å². The van der Waals surface area contributed by atoms with Crippen LogP contribution < -0.4 is 0 Å². The Balaban J connectivity index is 0.000000354. The molecule has 268 valence electrons. The smallest absolute Gasteiger partial charge is 0.340 e. The summed E-state index contributed by atoms with van der Waals surface area (Å²) in [5, 5.41) is 42.8. The van der Waals surface area contributed by atoms with E-state index >= 15 is 0 Å². The Labute approximate surface area is 269 Å². The minimum atomic E-state index is -1.20. The second-order valence-electron chi connectivity index (χ2n) is 9.72. The van der Waals surface area contributed by atoms with Crippen LogP contribution in [0.4, 0.5) is 0 Å². The fourth-order valence-electron chi connectivity index (χ4n) is 4.08. The lowest BCUT2D eigenvalue weighted by Crippen LogP contribution is -2.30. The first-order valence-corrected chi connectivity index (χ1v) is 14.6. The van der Waals surface area contributed by atoms with Crippen molar-refractivity contribution in [2.24, 2.45) is 0 Å². The Hall–Kier alpha value is -3.72. The van der Waals surface area contributed by atoms with Gasteiger partial charge in [-0.15, -0.1) is 0 Å². The van der Waals surface area contributed by atoms with Crippen molar-refractivity contribution < 1.29 is 92.2 Å². The first-order chi connectivity index (χ1) is 22.4. The zero-order chi connectivity index (χ0) is 35.4. The van der Waals surface area contributed by atoms with Gasteiger partial charge in [-0.3, -0.25) is 0 Å². The molecule has 3 fully saturated rings. The molecule has 3 rings (SSSR count). The molecule has 0 aromatic rings. The highest BCUT2D eigenvalue weighted by molar-refractivity contribution is 5.80. The van der Waals surface area contributed by atoms with Gasteiger partial charge < -0.3 is 63.4 Å². The van der Waals surface area contributed by atoms with Gasteiger partial charge in [-0.2, -0.15) is 0 Å². The number of hydrogen-bond donors (Lipinski definition) is 5. The van der Waals surface area contributed by atoms with Crippen molar-refractivity contribution in [3.05, 3.63) is 12.8 Å². The lowest BCUT2D eigenvalue weighted by molar-refractivity contribution is -0.180. The first kappa shape index (κ1) is 41.3. The molecule has 19 heteroatoms. The zero-order valence-corrected chi connectivity index (χ0v) is 25.8. The van der Waals surface area contributed by atoms with Crippen LogP contribution in [0.25, 0.3) is 0 Å². The van der Waals surface area contributed by atoms with Crippen LogP contribution >= 0.6 is 0 Å². The molecule has 47 heavy (non-hydrogen) atoms. The third-order valence-corrected chi connectivity index (χ3v) is 6.14. The van der Waals surface area contributed by atoms with Crippen molar-refractivity contribution in [2.75, 3.05) is 39.6 Å². The Morgan fingerprint density at radius 1 is 0.638 bits per heavy atom. The monoisotopic (exact) mass is 682 g/mol. The molecule has 0 radical (unpaired) electrons. The van der Waals surface area contributed by atoms with Gasteiger partial charge in [-0.1, -0.05) is 6.58 Å². The SMILES string of the molecule is C=COC(=O)[C@H]1CC[C@@H](C(=O)OCCO)O1.CC(O)OC(=O)[C@H]1CC[C@@H](C(=O)OCCO)O1.O=C(OCCO)[C@@H]1CC[C@H](C(=O)O)O1. The molecule has 0 amide bonds. The molecule has 5 N–H and O–H groups in total. The topological polar surface area (TPSA) is 277 Å². The van der Waals surface area contributed by atoms with Gasteiger partial charge in [0.15, 0.2) is 42.9 Å². The molecule has 0 saturated carbocycles. The average Bonchev–Trinajstić information content (AvgIpc) is 3.83. The van der Waals surface area contributed by atoms with Crippen LogP contribution in [-0.4, -0.2) is 144 Å². The van der Waals surface area contributed by atoms with Crippen LogP contribution in [0.3, 0.4) is 0 Å². The van der Waals surface area contributed by atoms with E-state index < -0.39 is 78.7 Å². The van der Waals surface area contributed by atoms with Crippen LogP contribution in [0.1, 0.15) is 45.4 Å². The van der Waals surface area contributed by atoms with Crippen LogP contribution in [0, 0.1) is 0 Å². The first-order valence-electron chi connectivity index (χ1n) is 14.6. The summed E-state index contributed by atoms with van der Waals surface area (Å²) < 4.78 is 38.3. The molecule has 19 nitrogen and oxygen atoms in total. The molecule has 0 aliphatic carbocycles. The van der Waals surface area contributed by atoms with Crippen molar-refractivity contribution >= 4 is 35.8 Å². The summed E-state index contributed by atoms with van der Waals surface area (Å²) in [6.45, 7) is 3.56. The number of esters is 5. The lowest BCUT2D eigenvalue weighted by Gasteiger charge is -2.13. The maximum Gasteiger partial charge on any atom is 0.340 e. The molecule has 0 aromatic heterocycles. The van der Waals surface area contributed by atoms with E-state index in [0.29, 0.717) is 38.5 Å². The van der Waals surface area contributed by atoms with Crippen LogP contribution in [0.15, 0.2) is 12.8 Å². The molecule has 3 aliphatic rings. The van der Waals surface area contributed by atoms with E-state index in [4.69, 9.17) is 39.7 Å². The summed E-state index contributed by atoms with van der Waals surface area (Å²) in [5.41, 5.74) is 0.